The van der Waals surface area contributed by atoms with E-state index in [0.717, 1.165) is 0 Å². The number of carbonyl (C=O) groups is 1. The second kappa shape index (κ2) is 9.71. The van der Waals surface area contributed by atoms with Crippen LogP contribution >= 0.6 is 11.8 Å². The summed E-state index contributed by atoms with van der Waals surface area (Å²) in [5.74, 6) is 1.25. The van der Waals surface area contributed by atoms with Gasteiger partial charge in [0, 0.05) is 23.8 Å². The van der Waals surface area contributed by atoms with Crippen molar-refractivity contribution in [3.8, 4) is 11.4 Å². The van der Waals surface area contributed by atoms with E-state index in [1.54, 1.807) is 19.2 Å². The predicted molar refractivity (Wildman–Crippen MR) is 133 cm³/mol. The molecule has 0 atom stereocenters. The number of nitrogens with zero attached hydrogens (tertiary/aromatic N) is 4. The van der Waals surface area contributed by atoms with Gasteiger partial charge in [-0.2, -0.15) is 0 Å². The number of halogens is 1. The first-order chi connectivity index (χ1) is 17.1. The first kappa shape index (κ1) is 22.8. The van der Waals surface area contributed by atoms with Crippen LogP contribution in [-0.4, -0.2) is 37.8 Å². The standard InChI is InChI=1S/C26H21FN4O3S/c1-34-20-7-4-6-19(16-20)30-24(33)21-8-2-3-9-22(21)31-25(30)28-29-26(31)35-15-5-10-23(32)17-11-13-18(27)14-12-17/h2-4,6-9,11-14,16H,5,10,15H2,1H3. The van der Waals surface area contributed by atoms with Crippen molar-refractivity contribution < 1.29 is 13.9 Å². The van der Waals surface area contributed by atoms with Crippen molar-refractivity contribution in [3.05, 3.63) is 94.5 Å². The molecule has 0 aliphatic heterocycles. The summed E-state index contributed by atoms with van der Waals surface area (Å²) >= 11 is 1.47. The Balaban J connectivity index is 1.46. The van der Waals surface area contributed by atoms with E-state index in [9.17, 15) is 14.0 Å². The van der Waals surface area contributed by atoms with Crippen molar-refractivity contribution in [3.63, 3.8) is 0 Å². The second-order valence-electron chi connectivity index (χ2n) is 7.86. The van der Waals surface area contributed by atoms with Crippen LogP contribution in [0.1, 0.15) is 23.2 Å². The Kier molecular flexibility index (Phi) is 6.33. The fourth-order valence-corrected chi connectivity index (χ4v) is 4.81. The zero-order chi connectivity index (χ0) is 24.4. The molecule has 7 nitrogen and oxygen atoms in total. The highest BCUT2D eigenvalue weighted by molar-refractivity contribution is 7.99. The molecule has 0 N–H and O–H groups in total. The average molecular weight is 489 g/mol. The van der Waals surface area contributed by atoms with Crippen molar-refractivity contribution in [1.29, 1.82) is 0 Å². The van der Waals surface area contributed by atoms with Gasteiger partial charge in [-0.1, -0.05) is 30.0 Å². The van der Waals surface area contributed by atoms with Gasteiger partial charge in [0.2, 0.25) is 5.78 Å². The number of benzene rings is 3. The Morgan fingerprint density at radius 3 is 2.63 bits per heavy atom. The van der Waals surface area contributed by atoms with Gasteiger partial charge >= 0.3 is 0 Å². The van der Waals surface area contributed by atoms with E-state index in [4.69, 9.17) is 4.74 Å². The number of hydrogen-bond acceptors (Lipinski definition) is 6. The van der Waals surface area contributed by atoms with Crippen LogP contribution in [0.2, 0.25) is 0 Å². The highest BCUT2D eigenvalue weighted by Crippen LogP contribution is 2.25. The van der Waals surface area contributed by atoms with Gasteiger partial charge in [0.25, 0.3) is 5.56 Å². The molecule has 0 aliphatic carbocycles. The summed E-state index contributed by atoms with van der Waals surface area (Å²) in [5.41, 5.74) is 1.63. The molecular weight excluding hydrogens is 467 g/mol. The Hall–Kier alpha value is -3.98. The third kappa shape index (κ3) is 4.42. The van der Waals surface area contributed by atoms with Gasteiger partial charge in [-0.15, -0.1) is 10.2 Å². The second-order valence-corrected chi connectivity index (χ2v) is 8.92. The van der Waals surface area contributed by atoms with Gasteiger partial charge in [-0.05, 0) is 55.0 Å². The van der Waals surface area contributed by atoms with Crippen LogP contribution in [0.25, 0.3) is 22.4 Å². The van der Waals surface area contributed by atoms with Crippen LogP contribution in [0.3, 0.4) is 0 Å². The summed E-state index contributed by atoms with van der Waals surface area (Å²) in [5, 5.41) is 9.87. The van der Waals surface area contributed by atoms with Gasteiger partial charge in [0.15, 0.2) is 10.9 Å². The zero-order valence-electron chi connectivity index (χ0n) is 18.8. The molecule has 2 aromatic heterocycles. The molecule has 3 aromatic carbocycles. The number of rotatable bonds is 8. The Morgan fingerprint density at radius 2 is 1.83 bits per heavy atom. The number of aromatic nitrogens is 4. The molecule has 2 heterocycles. The Bertz CT molecular complexity index is 1590. The van der Waals surface area contributed by atoms with Crippen molar-refractivity contribution in [2.24, 2.45) is 0 Å². The fourth-order valence-electron chi connectivity index (χ4n) is 3.93. The minimum absolute atomic E-state index is 0.0333. The number of fused-ring (bicyclic) bond motifs is 3. The Morgan fingerprint density at radius 1 is 1.03 bits per heavy atom. The lowest BCUT2D eigenvalue weighted by molar-refractivity contribution is 0.0982. The normalized spacial score (nSPS) is 11.3. The summed E-state index contributed by atoms with van der Waals surface area (Å²) in [6.07, 6.45) is 0.952. The minimum atomic E-state index is -0.365. The van der Waals surface area contributed by atoms with Gasteiger partial charge < -0.3 is 4.74 Å². The van der Waals surface area contributed by atoms with Crippen LogP contribution in [0.15, 0.2) is 82.7 Å². The number of hydrogen-bond donors (Lipinski definition) is 0. The lowest BCUT2D eigenvalue weighted by Crippen LogP contribution is -2.21. The number of para-hydroxylation sites is 1. The van der Waals surface area contributed by atoms with Crippen LogP contribution in [0.4, 0.5) is 4.39 Å². The summed E-state index contributed by atoms with van der Waals surface area (Å²) in [6.45, 7) is 0. The van der Waals surface area contributed by atoms with Crippen LogP contribution in [-0.2, 0) is 0 Å². The molecule has 0 saturated heterocycles. The highest BCUT2D eigenvalue weighted by Gasteiger charge is 2.18. The number of methoxy groups -OCH3 is 1. The smallest absolute Gasteiger partial charge is 0.267 e. The zero-order valence-corrected chi connectivity index (χ0v) is 19.7. The van der Waals surface area contributed by atoms with Crippen molar-refractivity contribution in [1.82, 2.24) is 19.2 Å². The monoisotopic (exact) mass is 488 g/mol. The molecule has 0 bridgehead atoms. The van der Waals surface area contributed by atoms with Gasteiger partial charge in [-0.3, -0.25) is 14.0 Å². The largest absolute Gasteiger partial charge is 0.497 e. The summed E-state index contributed by atoms with van der Waals surface area (Å²) in [7, 11) is 1.57. The van der Waals surface area contributed by atoms with Crippen molar-refractivity contribution in [2.75, 3.05) is 12.9 Å². The fraction of sp³-hybridized carbons (Fsp3) is 0.154. The molecule has 0 saturated carbocycles. The topological polar surface area (TPSA) is 78.5 Å². The van der Waals surface area contributed by atoms with Gasteiger partial charge in [-0.25, -0.2) is 8.96 Å². The lowest BCUT2D eigenvalue weighted by atomic mass is 10.1. The summed E-state index contributed by atoms with van der Waals surface area (Å²) in [4.78, 5) is 25.8. The van der Waals surface area contributed by atoms with Crippen molar-refractivity contribution >= 4 is 34.2 Å². The average Bonchev–Trinajstić information content (AvgIpc) is 3.31. The van der Waals surface area contributed by atoms with Crippen molar-refractivity contribution in [2.45, 2.75) is 18.0 Å². The van der Waals surface area contributed by atoms with Gasteiger partial charge in [0.1, 0.15) is 11.6 Å². The van der Waals surface area contributed by atoms with E-state index in [2.05, 4.69) is 10.2 Å². The summed E-state index contributed by atoms with van der Waals surface area (Å²) in [6, 6.07) is 20.1. The number of Topliss-reactive ketones (excluding diaryl/α,β-unsaturated/α-hetero) is 1. The van der Waals surface area contributed by atoms with E-state index in [1.165, 1.54) is 40.6 Å². The molecule has 0 spiro atoms. The predicted octanol–water partition coefficient (Wildman–Crippen LogP) is 4.94. The van der Waals surface area contributed by atoms with E-state index >= 15 is 0 Å². The van der Waals surface area contributed by atoms with Gasteiger partial charge in [0.05, 0.1) is 23.7 Å². The first-order valence-corrected chi connectivity index (χ1v) is 12.0. The van der Waals surface area contributed by atoms with E-state index < -0.39 is 0 Å². The number of ether oxygens (including phenoxy) is 1. The number of carbonyl (C=O) groups excluding carboxylic acids is 1. The third-order valence-electron chi connectivity index (χ3n) is 5.65. The molecule has 5 rings (SSSR count). The third-order valence-corrected chi connectivity index (χ3v) is 6.67. The number of ketones is 1. The SMILES string of the molecule is COc1cccc(-n2c(=O)c3ccccc3n3c(SCCCC(=O)c4ccc(F)cc4)nnc23)c1. The molecule has 176 valence electrons. The molecule has 0 aliphatic rings. The molecular formula is C26H21FN4O3S. The van der Waals surface area contributed by atoms with E-state index in [-0.39, 0.29) is 17.2 Å². The van der Waals surface area contributed by atoms with Crippen LogP contribution in [0.5, 0.6) is 5.75 Å². The van der Waals surface area contributed by atoms with Crippen LogP contribution in [0, 0.1) is 5.82 Å². The number of thioether (sulfide) groups is 1. The first-order valence-electron chi connectivity index (χ1n) is 11.0. The quantitative estimate of drug-likeness (QED) is 0.175. The minimum Gasteiger partial charge on any atom is -0.497 e. The molecule has 0 amide bonds. The maximum absolute atomic E-state index is 13.4. The molecule has 0 unspecified atom stereocenters. The maximum atomic E-state index is 13.4. The lowest BCUT2D eigenvalue weighted by Gasteiger charge is -2.12. The highest BCUT2D eigenvalue weighted by atomic mass is 32.2. The molecule has 5 aromatic rings. The summed E-state index contributed by atoms with van der Waals surface area (Å²) < 4.78 is 21.8. The molecule has 9 heteroatoms. The molecule has 0 radical (unpaired) electrons. The molecule has 35 heavy (non-hydrogen) atoms. The maximum Gasteiger partial charge on any atom is 0.267 e. The van der Waals surface area contributed by atoms with E-state index in [0.29, 0.717) is 57.4 Å². The molecule has 0 fully saturated rings. The van der Waals surface area contributed by atoms with E-state index in [1.807, 2.05) is 40.8 Å². The Labute approximate surface area is 204 Å². The van der Waals surface area contributed by atoms with Crippen LogP contribution < -0.4 is 10.3 Å².